The number of halogens is 2. The first-order valence-electron chi connectivity index (χ1n) is 16.7. The maximum Gasteiger partial charge on any atom is 0.410 e. The van der Waals surface area contributed by atoms with Crippen LogP contribution in [0.4, 0.5) is 4.79 Å². The SMILES string of the molecule is CC(C)(C)OC(=O)N1CCC(CO)C1.CCCCc1nnc(OCC2CCN(C)C2)cc1-c1ccc(OCc2ccccc2)cc1.Cl.Cl. The highest BCUT2D eigenvalue weighted by Crippen LogP contribution is 2.29. The summed E-state index contributed by atoms with van der Waals surface area (Å²) in [4.78, 5) is 15.6. The summed E-state index contributed by atoms with van der Waals surface area (Å²) < 4.78 is 17.2. The van der Waals surface area contributed by atoms with Gasteiger partial charge in [-0.1, -0.05) is 55.8 Å². The first-order valence-corrected chi connectivity index (χ1v) is 16.7. The van der Waals surface area contributed by atoms with Crippen LogP contribution in [0.1, 0.15) is 64.6 Å². The molecule has 2 aliphatic rings. The average Bonchev–Trinajstić information content (AvgIpc) is 3.71. The first-order chi connectivity index (χ1) is 22.1. The van der Waals surface area contributed by atoms with Crippen LogP contribution in [0.2, 0.25) is 0 Å². The Labute approximate surface area is 299 Å². The zero-order chi connectivity index (χ0) is 32.9. The number of carbonyl (C=O) groups is 1. The van der Waals surface area contributed by atoms with Gasteiger partial charge in [0.15, 0.2) is 0 Å². The third-order valence-electron chi connectivity index (χ3n) is 8.18. The number of benzene rings is 2. The van der Waals surface area contributed by atoms with Crippen molar-refractivity contribution < 1.29 is 24.1 Å². The molecule has 1 aromatic heterocycles. The highest BCUT2D eigenvalue weighted by atomic mass is 35.5. The van der Waals surface area contributed by atoms with Gasteiger partial charge in [-0.25, -0.2) is 4.79 Å². The van der Waals surface area contributed by atoms with Crippen molar-refractivity contribution in [2.24, 2.45) is 11.8 Å². The first kappa shape index (κ1) is 41.1. The van der Waals surface area contributed by atoms with Gasteiger partial charge in [-0.05, 0) is 83.3 Å². The lowest BCUT2D eigenvalue weighted by Crippen LogP contribution is -2.35. The number of aryl methyl sites for hydroxylation is 1. The van der Waals surface area contributed by atoms with Crippen molar-refractivity contribution in [2.75, 3.05) is 46.4 Å². The average molecular weight is 706 g/mol. The Balaban J connectivity index is 0.000000425. The summed E-state index contributed by atoms with van der Waals surface area (Å²) in [6.07, 6.45) is 4.91. The molecule has 3 heterocycles. The molecule has 11 heteroatoms. The van der Waals surface area contributed by atoms with Crippen molar-refractivity contribution in [1.29, 1.82) is 0 Å². The molecule has 1 amide bonds. The molecule has 2 unspecified atom stereocenters. The van der Waals surface area contributed by atoms with Gasteiger partial charge in [0.1, 0.15) is 18.0 Å². The number of aromatic nitrogens is 2. The van der Waals surface area contributed by atoms with E-state index in [-0.39, 0.29) is 43.4 Å². The topological polar surface area (TPSA) is 97.2 Å². The lowest BCUT2D eigenvalue weighted by Gasteiger charge is -2.24. The van der Waals surface area contributed by atoms with Crippen LogP contribution in [-0.2, 0) is 17.8 Å². The maximum absolute atomic E-state index is 11.5. The number of aliphatic hydroxyl groups is 1. The van der Waals surface area contributed by atoms with Crippen molar-refractivity contribution in [1.82, 2.24) is 20.0 Å². The standard InChI is InChI=1S/C27H33N3O2.C10H19NO3.2ClH/c1-3-4-10-26-25(17-27(29-28-26)32-20-22-15-16-30(2)18-22)23-11-13-24(14-12-23)31-19-21-8-6-5-7-9-21;1-10(2,3)14-9(13)11-5-4-8(6-11)7-12;;/h5-9,11-14,17,22H,3-4,10,15-16,18-20H2,1-2H3;8,12H,4-7H2,1-3H3;2*1H. The number of hydrogen-bond acceptors (Lipinski definition) is 8. The van der Waals surface area contributed by atoms with E-state index in [0.29, 0.717) is 38.1 Å². The quantitative estimate of drug-likeness (QED) is 0.220. The van der Waals surface area contributed by atoms with Crippen LogP contribution in [0.5, 0.6) is 11.6 Å². The van der Waals surface area contributed by atoms with E-state index < -0.39 is 5.60 Å². The van der Waals surface area contributed by atoms with Gasteiger partial charge >= 0.3 is 6.09 Å². The molecule has 2 saturated heterocycles. The Kier molecular flexibility index (Phi) is 17.5. The normalized spacial score (nSPS) is 17.4. The predicted molar refractivity (Wildman–Crippen MR) is 195 cm³/mol. The summed E-state index contributed by atoms with van der Waals surface area (Å²) in [5.74, 6) is 2.25. The van der Waals surface area contributed by atoms with Crippen LogP contribution in [-0.4, -0.2) is 83.2 Å². The summed E-state index contributed by atoms with van der Waals surface area (Å²) in [6, 6.07) is 20.5. The second kappa shape index (κ2) is 20.4. The van der Waals surface area contributed by atoms with Crippen molar-refractivity contribution in [2.45, 2.75) is 72.0 Å². The van der Waals surface area contributed by atoms with Crippen LogP contribution in [0.15, 0.2) is 60.7 Å². The van der Waals surface area contributed by atoms with Gasteiger partial charge < -0.3 is 29.1 Å². The molecular formula is C37H54Cl2N4O5. The minimum Gasteiger partial charge on any atom is -0.489 e. The summed E-state index contributed by atoms with van der Waals surface area (Å²) >= 11 is 0. The number of aliphatic hydroxyl groups excluding tert-OH is 1. The number of rotatable bonds is 11. The molecule has 0 aliphatic carbocycles. The van der Waals surface area contributed by atoms with E-state index in [4.69, 9.17) is 19.3 Å². The smallest absolute Gasteiger partial charge is 0.410 e. The number of hydrogen-bond donors (Lipinski definition) is 1. The second-order valence-electron chi connectivity index (χ2n) is 13.4. The Bertz CT molecular complexity index is 1360. The van der Waals surface area contributed by atoms with Gasteiger partial charge in [-0.3, -0.25) is 0 Å². The third kappa shape index (κ3) is 13.4. The number of nitrogens with zero attached hydrogens (tertiary/aromatic N) is 4. The molecule has 48 heavy (non-hydrogen) atoms. The molecule has 5 rings (SSSR count). The zero-order valence-electron chi connectivity index (χ0n) is 29.1. The molecule has 0 bridgehead atoms. The number of ether oxygens (including phenoxy) is 3. The zero-order valence-corrected chi connectivity index (χ0v) is 30.7. The Morgan fingerprint density at radius 3 is 2.25 bits per heavy atom. The van der Waals surface area contributed by atoms with E-state index >= 15 is 0 Å². The fourth-order valence-electron chi connectivity index (χ4n) is 5.56. The lowest BCUT2D eigenvalue weighted by atomic mass is 10.0. The van der Waals surface area contributed by atoms with Crippen molar-refractivity contribution in [3.05, 3.63) is 71.9 Å². The number of carbonyl (C=O) groups excluding carboxylic acids is 1. The van der Waals surface area contributed by atoms with E-state index in [1.807, 2.05) is 51.1 Å². The molecule has 0 saturated carbocycles. The molecule has 266 valence electrons. The number of likely N-dealkylation sites (tertiary alicyclic amines) is 2. The lowest BCUT2D eigenvalue weighted by molar-refractivity contribution is 0.0284. The van der Waals surface area contributed by atoms with Crippen LogP contribution < -0.4 is 9.47 Å². The van der Waals surface area contributed by atoms with Crippen LogP contribution in [0.3, 0.4) is 0 Å². The van der Waals surface area contributed by atoms with E-state index in [0.717, 1.165) is 66.9 Å². The molecule has 1 N–H and O–H groups in total. The van der Waals surface area contributed by atoms with E-state index in [1.54, 1.807) is 4.90 Å². The summed E-state index contributed by atoms with van der Waals surface area (Å²) in [5, 5.41) is 17.8. The molecule has 3 aromatic rings. The van der Waals surface area contributed by atoms with Gasteiger partial charge in [0.2, 0.25) is 5.88 Å². The van der Waals surface area contributed by atoms with Gasteiger partial charge in [-0.2, -0.15) is 5.10 Å². The Morgan fingerprint density at radius 2 is 1.65 bits per heavy atom. The number of amides is 1. The fourth-order valence-corrected chi connectivity index (χ4v) is 5.56. The summed E-state index contributed by atoms with van der Waals surface area (Å²) in [5.41, 5.74) is 3.96. The molecule has 2 fully saturated rings. The summed E-state index contributed by atoms with van der Waals surface area (Å²) in [6.45, 7) is 12.7. The van der Waals surface area contributed by atoms with Gasteiger partial charge in [0.25, 0.3) is 0 Å². The molecular weight excluding hydrogens is 651 g/mol. The molecule has 2 atom stereocenters. The molecule has 2 aliphatic heterocycles. The fraction of sp³-hybridized carbons (Fsp3) is 0.541. The van der Waals surface area contributed by atoms with Gasteiger partial charge in [0.05, 0.1) is 12.3 Å². The molecule has 0 radical (unpaired) electrons. The molecule has 9 nitrogen and oxygen atoms in total. The highest BCUT2D eigenvalue weighted by molar-refractivity contribution is 5.85. The van der Waals surface area contributed by atoms with Crippen LogP contribution >= 0.6 is 24.8 Å². The highest BCUT2D eigenvalue weighted by Gasteiger charge is 2.29. The minimum atomic E-state index is -0.436. The predicted octanol–water partition coefficient (Wildman–Crippen LogP) is 7.48. The van der Waals surface area contributed by atoms with Crippen LogP contribution in [0, 0.1) is 11.8 Å². The molecule has 2 aromatic carbocycles. The van der Waals surface area contributed by atoms with Crippen molar-refractivity contribution >= 4 is 30.9 Å². The van der Waals surface area contributed by atoms with E-state index in [1.165, 1.54) is 6.42 Å². The Hall–Kier alpha value is -3.11. The van der Waals surface area contributed by atoms with Crippen molar-refractivity contribution in [3.8, 4) is 22.8 Å². The van der Waals surface area contributed by atoms with Crippen molar-refractivity contribution in [3.63, 3.8) is 0 Å². The Morgan fingerprint density at radius 1 is 0.938 bits per heavy atom. The minimum absolute atomic E-state index is 0. The van der Waals surface area contributed by atoms with Gasteiger partial charge in [-0.15, -0.1) is 29.9 Å². The largest absolute Gasteiger partial charge is 0.489 e. The van der Waals surface area contributed by atoms with Crippen LogP contribution in [0.25, 0.3) is 11.1 Å². The monoisotopic (exact) mass is 704 g/mol. The third-order valence-corrected chi connectivity index (χ3v) is 8.18. The maximum atomic E-state index is 11.5. The van der Waals surface area contributed by atoms with Gasteiger partial charge in [0, 0.05) is 49.7 Å². The second-order valence-corrected chi connectivity index (χ2v) is 13.4. The molecule has 0 spiro atoms. The number of unbranched alkanes of at least 4 members (excludes halogenated alkanes) is 1. The summed E-state index contributed by atoms with van der Waals surface area (Å²) in [7, 11) is 2.16. The van der Waals surface area contributed by atoms with E-state index in [9.17, 15) is 4.79 Å². The van der Waals surface area contributed by atoms with E-state index in [2.05, 4.69) is 59.4 Å².